The Morgan fingerprint density at radius 1 is 0.625 bits per heavy atom. The van der Waals surface area contributed by atoms with Gasteiger partial charge in [0.05, 0.1) is 34.4 Å². The highest BCUT2D eigenvalue weighted by Gasteiger charge is 2.25. The number of quaternary nitrogens is 1. The smallest absolute Gasteiger partial charge is 0.361 e. The van der Waals surface area contributed by atoms with E-state index in [0.717, 1.165) is 57.8 Å². The summed E-state index contributed by atoms with van der Waals surface area (Å²) in [6, 6.07) is 0. The molecule has 9 nitrogen and oxygen atoms in total. The van der Waals surface area contributed by atoms with Crippen LogP contribution in [0.25, 0.3) is 0 Å². The molecule has 280 valence electrons. The van der Waals surface area contributed by atoms with Crippen molar-refractivity contribution in [1.82, 2.24) is 0 Å². The first-order chi connectivity index (χ1) is 23.1. The third-order valence-corrected chi connectivity index (χ3v) is 7.96. The second kappa shape index (κ2) is 32.0. The molecule has 0 spiro atoms. The zero-order chi connectivity index (χ0) is 35.7. The molecule has 0 aliphatic carbocycles. The van der Waals surface area contributed by atoms with Gasteiger partial charge in [-0.15, -0.1) is 0 Å². The fraction of sp³-hybridized carbons (Fsp3) is 0.821. The number of esters is 2. The van der Waals surface area contributed by atoms with E-state index in [-0.39, 0.29) is 32.2 Å². The summed E-state index contributed by atoms with van der Waals surface area (Å²) in [5, 5.41) is 9.56. The molecule has 0 aromatic rings. The number of hydrogen-bond acceptors (Lipinski definition) is 7. The minimum Gasteiger partial charge on any atom is -0.477 e. The summed E-state index contributed by atoms with van der Waals surface area (Å²) in [4.78, 5) is 36.7. The van der Waals surface area contributed by atoms with Crippen LogP contribution in [0.4, 0.5) is 0 Å². The summed E-state index contributed by atoms with van der Waals surface area (Å²) in [6.45, 7) is 4.77. The van der Waals surface area contributed by atoms with Gasteiger partial charge in [0, 0.05) is 12.8 Å². The Kier molecular flexibility index (Phi) is 30.5. The lowest BCUT2D eigenvalue weighted by molar-refractivity contribution is -0.870. The number of hydrogen-bond donors (Lipinski definition) is 1. The van der Waals surface area contributed by atoms with Crippen molar-refractivity contribution in [3.8, 4) is 0 Å². The molecule has 0 fully saturated rings. The quantitative estimate of drug-likeness (QED) is 0.0236. The molecule has 0 aliphatic heterocycles. The van der Waals surface area contributed by atoms with Gasteiger partial charge in [0.25, 0.3) is 6.29 Å². The fourth-order valence-corrected chi connectivity index (χ4v) is 4.92. The lowest BCUT2D eigenvalue weighted by Crippen LogP contribution is -2.40. The van der Waals surface area contributed by atoms with E-state index in [0.29, 0.717) is 23.9 Å². The first kappa shape index (κ1) is 45.8. The van der Waals surface area contributed by atoms with Gasteiger partial charge in [-0.25, -0.2) is 4.79 Å². The maximum Gasteiger partial charge on any atom is 0.361 e. The molecule has 0 radical (unpaired) electrons. The molecule has 0 amide bonds. The van der Waals surface area contributed by atoms with Crippen LogP contribution in [-0.2, 0) is 33.3 Å². The molecule has 0 saturated heterocycles. The largest absolute Gasteiger partial charge is 0.477 e. The zero-order valence-electron chi connectivity index (χ0n) is 31.4. The van der Waals surface area contributed by atoms with Crippen molar-refractivity contribution < 1.29 is 42.9 Å². The Hall–Kier alpha value is -2.23. The van der Waals surface area contributed by atoms with Gasteiger partial charge in [0.15, 0.2) is 6.10 Å². The van der Waals surface area contributed by atoms with Gasteiger partial charge in [-0.1, -0.05) is 115 Å². The van der Waals surface area contributed by atoms with Crippen LogP contribution in [0.15, 0.2) is 24.3 Å². The number of carbonyl (C=O) groups excluding carboxylic acids is 2. The highest BCUT2D eigenvalue weighted by Crippen LogP contribution is 2.12. The molecule has 0 heterocycles. The monoisotopic (exact) mass is 683 g/mol. The van der Waals surface area contributed by atoms with E-state index in [4.69, 9.17) is 18.9 Å². The number of carboxylic acids is 1. The number of nitrogens with zero attached hydrogens (tertiary/aromatic N) is 1. The van der Waals surface area contributed by atoms with Crippen LogP contribution in [-0.4, -0.2) is 87.4 Å². The molecule has 0 aromatic heterocycles. The second-order valence-corrected chi connectivity index (χ2v) is 13.9. The zero-order valence-corrected chi connectivity index (χ0v) is 31.4. The van der Waals surface area contributed by atoms with E-state index in [9.17, 15) is 19.5 Å². The molecule has 0 saturated carbocycles. The number of rotatable bonds is 34. The third-order valence-electron chi connectivity index (χ3n) is 7.96. The molecular weight excluding hydrogens is 610 g/mol. The summed E-state index contributed by atoms with van der Waals surface area (Å²) in [6.07, 6.45) is 28.1. The number of ether oxygens (including phenoxy) is 4. The van der Waals surface area contributed by atoms with E-state index in [1.807, 2.05) is 21.1 Å². The number of unbranched alkanes of at least 4 members (excludes halogenated alkanes) is 15. The lowest BCUT2D eigenvalue weighted by atomic mass is 10.1. The average molecular weight is 683 g/mol. The van der Waals surface area contributed by atoms with Gasteiger partial charge in [-0.05, 0) is 44.9 Å². The van der Waals surface area contributed by atoms with E-state index < -0.39 is 24.3 Å². The molecule has 0 bridgehead atoms. The normalized spacial score (nSPS) is 13.3. The van der Waals surface area contributed by atoms with Crippen molar-refractivity contribution in [3.05, 3.63) is 24.3 Å². The standard InChI is InChI=1S/C39H71NO8/c1-6-8-10-12-14-16-17-18-19-20-21-22-24-26-28-30-37(42)48-35(34-47-39(38(43)44)45-32-31-40(3,4)5)33-46-36(41)29-27-25-23-15-13-11-9-7-2/h14,16,18-19,35,39H,6-13,15,17,20-34H2,1-5H3/p+1/b16-14-,19-18-. The average Bonchev–Trinajstić information content (AvgIpc) is 3.03. The topological polar surface area (TPSA) is 108 Å². The van der Waals surface area contributed by atoms with Crippen LogP contribution in [0.2, 0.25) is 0 Å². The molecule has 9 heteroatoms. The van der Waals surface area contributed by atoms with Gasteiger partial charge in [-0.2, -0.15) is 0 Å². The number of allylic oxidation sites excluding steroid dienone is 4. The van der Waals surface area contributed by atoms with Crippen molar-refractivity contribution in [2.24, 2.45) is 0 Å². The number of carbonyl (C=O) groups is 3. The predicted octanol–water partition coefficient (Wildman–Crippen LogP) is 8.94. The minimum absolute atomic E-state index is 0.186. The number of aliphatic carboxylic acids is 1. The highest BCUT2D eigenvalue weighted by atomic mass is 16.7. The molecule has 2 atom stereocenters. The maximum atomic E-state index is 12.6. The van der Waals surface area contributed by atoms with E-state index in [1.54, 1.807) is 0 Å². The number of carboxylic acid groups (broad SMARTS) is 1. The Labute approximate surface area is 293 Å². The van der Waals surface area contributed by atoms with Crippen LogP contribution in [0.3, 0.4) is 0 Å². The third kappa shape index (κ3) is 32.3. The molecule has 48 heavy (non-hydrogen) atoms. The SMILES string of the molecule is CCCCC/C=C\C/C=C\CCCCCCCC(=O)OC(COC(=O)CCCCCCCCCC)COC(OCC[N+](C)(C)C)C(=O)O. The molecular formula is C39H72NO8+. The van der Waals surface area contributed by atoms with Gasteiger partial charge >= 0.3 is 17.9 Å². The molecule has 0 aliphatic rings. The molecule has 2 unspecified atom stereocenters. The summed E-state index contributed by atoms with van der Waals surface area (Å²) in [7, 11) is 5.93. The highest BCUT2D eigenvalue weighted by molar-refractivity contribution is 5.71. The van der Waals surface area contributed by atoms with Crippen molar-refractivity contribution in [2.75, 3.05) is 47.5 Å². The van der Waals surface area contributed by atoms with E-state index >= 15 is 0 Å². The minimum atomic E-state index is -1.51. The Bertz CT molecular complexity index is 851. The lowest BCUT2D eigenvalue weighted by Gasteiger charge is -2.25. The van der Waals surface area contributed by atoms with Crippen LogP contribution < -0.4 is 0 Å². The molecule has 0 aromatic carbocycles. The maximum absolute atomic E-state index is 12.6. The molecule has 1 N–H and O–H groups in total. The molecule has 0 rings (SSSR count). The van der Waals surface area contributed by atoms with Crippen molar-refractivity contribution in [1.29, 1.82) is 0 Å². The second-order valence-electron chi connectivity index (χ2n) is 13.9. The summed E-state index contributed by atoms with van der Waals surface area (Å²) >= 11 is 0. The van der Waals surface area contributed by atoms with Crippen molar-refractivity contribution in [3.63, 3.8) is 0 Å². The summed E-state index contributed by atoms with van der Waals surface area (Å²) < 4.78 is 22.5. The van der Waals surface area contributed by atoms with Crippen molar-refractivity contribution in [2.45, 2.75) is 161 Å². The van der Waals surface area contributed by atoms with Gasteiger partial charge in [-0.3, -0.25) is 9.59 Å². The first-order valence-electron chi connectivity index (χ1n) is 19.0. The summed E-state index contributed by atoms with van der Waals surface area (Å²) in [5.74, 6) is -2.03. The van der Waals surface area contributed by atoms with Crippen LogP contribution in [0.5, 0.6) is 0 Å². The summed E-state index contributed by atoms with van der Waals surface area (Å²) in [5.41, 5.74) is 0. The Morgan fingerprint density at radius 3 is 1.69 bits per heavy atom. The predicted molar refractivity (Wildman–Crippen MR) is 194 cm³/mol. The van der Waals surface area contributed by atoms with Gasteiger partial charge in [0.2, 0.25) is 0 Å². The van der Waals surface area contributed by atoms with E-state index in [1.165, 1.54) is 57.8 Å². The van der Waals surface area contributed by atoms with Gasteiger partial charge in [0.1, 0.15) is 13.2 Å². The van der Waals surface area contributed by atoms with Crippen LogP contribution >= 0.6 is 0 Å². The Morgan fingerprint density at radius 2 is 1.12 bits per heavy atom. The Balaban J connectivity index is 4.54. The fourth-order valence-electron chi connectivity index (χ4n) is 4.92. The van der Waals surface area contributed by atoms with E-state index in [2.05, 4.69) is 38.2 Å². The van der Waals surface area contributed by atoms with Gasteiger partial charge < -0.3 is 28.5 Å². The first-order valence-corrected chi connectivity index (χ1v) is 19.0. The van der Waals surface area contributed by atoms with Crippen LogP contribution in [0, 0.1) is 0 Å². The van der Waals surface area contributed by atoms with Crippen molar-refractivity contribution >= 4 is 17.9 Å². The van der Waals surface area contributed by atoms with Crippen LogP contribution in [0.1, 0.15) is 149 Å². The number of likely N-dealkylation sites (N-methyl/N-ethyl adjacent to an activating group) is 1.